The Kier molecular flexibility index (Phi) is 3.71. The molecule has 0 aliphatic carbocycles. The maximum Gasteiger partial charge on any atom is 0.338 e. The quantitative estimate of drug-likeness (QED) is 0.475. The van der Waals surface area contributed by atoms with Gasteiger partial charge >= 0.3 is 5.97 Å². The van der Waals surface area contributed by atoms with Gasteiger partial charge in [-0.15, -0.1) is 0 Å². The van der Waals surface area contributed by atoms with Crippen LogP contribution >= 0.6 is 22.6 Å². The number of benzene rings is 1. The molecule has 0 amide bonds. The molecule has 1 aromatic carbocycles. The standard InChI is InChI=1S/C10H11IO2/c1-7-3-4-8(6-11)5-9(7)10(12)13-2/h3-5H,6H2,1-2H3. The van der Waals surface area contributed by atoms with Crippen LogP contribution in [-0.2, 0) is 9.16 Å². The lowest BCUT2D eigenvalue weighted by molar-refractivity contribution is 0.0600. The number of hydrogen-bond donors (Lipinski definition) is 0. The Hall–Kier alpha value is -0.580. The first-order chi connectivity index (χ1) is 6.19. The third-order valence-corrected chi connectivity index (χ3v) is 2.74. The second-order valence-electron chi connectivity index (χ2n) is 2.77. The Bertz CT molecular complexity index is 321. The number of hydrogen-bond acceptors (Lipinski definition) is 2. The smallest absolute Gasteiger partial charge is 0.338 e. The van der Waals surface area contributed by atoms with Crippen LogP contribution < -0.4 is 0 Å². The van der Waals surface area contributed by atoms with Crippen molar-refractivity contribution in [2.24, 2.45) is 0 Å². The van der Waals surface area contributed by atoms with Crippen molar-refractivity contribution >= 4 is 28.6 Å². The molecule has 0 atom stereocenters. The van der Waals surface area contributed by atoms with E-state index in [1.165, 1.54) is 7.11 Å². The Labute approximate surface area is 91.4 Å². The molecule has 0 aliphatic heterocycles. The molecule has 0 N–H and O–H groups in total. The van der Waals surface area contributed by atoms with Gasteiger partial charge in [0.1, 0.15) is 0 Å². The lowest BCUT2D eigenvalue weighted by atomic mass is 10.1. The Morgan fingerprint density at radius 1 is 1.54 bits per heavy atom. The zero-order valence-electron chi connectivity index (χ0n) is 7.63. The van der Waals surface area contributed by atoms with Crippen LogP contribution in [-0.4, -0.2) is 13.1 Å². The van der Waals surface area contributed by atoms with Crippen LogP contribution in [0.1, 0.15) is 21.5 Å². The number of halogens is 1. The molecule has 1 rings (SSSR count). The Morgan fingerprint density at radius 3 is 2.77 bits per heavy atom. The molecule has 0 aliphatic rings. The second-order valence-corrected chi connectivity index (χ2v) is 3.54. The van der Waals surface area contributed by atoms with Gasteiger partial charge in [0, 0.05) is 4.43 Å². The van der Waals surface area contributed by atoms with Crippen LogP contribution in [0.3, 0.4) is 0 Å². The van der Waals surface area contributed by atoms with Gasteiger partial charge in [-0.25, -0.2) is 4.79 Å². The average Bonchev–Trinajstić information content (AvgIpc) is 2.17. The normalized spacial score (nSPS) is 9.77. The van der Waals surface area contributed by atoms with Crippen LogP contribution in [0.2, 0.25) is 0 Å². The minimum atomic E-state index is -0.260. The SMILES string of the molecule is COC(=O)c1cc(CI)ccc1C. The molecular weight excluding hydrogens is 279 g/mol. The molecule has 2 nitrogen and oxygen atoms in total. The van der Waals surface area contributed by atoms with E-state index in [0.29, 0.717) is 5.56 Å². The first-order valence-electron chi connectivity index (χ1n) is 3.93. The predicted octanol–water partition coefficient (Wildman–Crippen LogP) is 2.72. The van der Waals surface area contributed by atoms with Gasteiger partial charge < -0.3 is 4.74 Å². The highest BCUT2D eigenvalue weighted by Gasteiger charge is 2.08. The highest BCUT2D eigenvalue weighted by Crippen LogP contribution is 2.14. The summed E-state index contributed by atoms with van der Waals surface area (Å²) in [4.78, 5) is 11.3. The molecule has 0 spiro atoms. The van der Waals surface area contributed by atoms with Gasteiger partial charge in [0.05, 0.1) is 12.7 Å². The first-order valence-corrected chi connectivity index (χ1v) is 5.45. The van der Waals surface area contributed by atoms with Crippen molar-refractivity contribution in [1.29, 1.82) is 0 Å². The fourth-order valence-electron chi connectivity index (χ4n) is 1.08. The summed E-state index contributed by atoms with van der Waals surface area (Å²) in [5.41, 5.74) is 2.77. The van der Waals surface area contributed by atoms with Crippen molar-refractivity contribution in [2.45, 2.75) is 11.4 Å². The van der Waals surface area contributed by atoms with Gasteiger partial charge in [0.15, 0.2) is 0 Å². The maximum atomic E-state index is 11.3. The topological polar surface area (TPSA) is 26.3 Å². The summed E-state index contributed by atoms with van der Waals surface area (Å²) < 4.78 is 5.58. The van der Waals surface area contributed by atoms with Gasteiger partial charge in [-0.3, -0.25) is 0 Å². The zero-order chi connectivity index (χ0) is 9.84. The minimum Gasteiger partial charge on any atom is -0.465 e. The van der Waals surface area contributed by atoms with Crippen LogP contribution in [0, 0.1) is 6.92 Å². The average molecular weight is 290 g/mol. The fourth-order valence-corrected chi connectivity index (χ4v) is 1.56. The van der Waals surface area contributed by atoms with Crippen LogP contribution in [0.4, 0.5) is 0 Å². The molecule has 0 heterocycles. The highest BCUT2D eigenvalue weighted by atomic mass is 127. The number of aryl methyl sites for hydroxylation is 1. The van der Waals surface area contributed by atoms with E-state index in [4.69, 9.17) is 0 Å². The molecule has 0 fully saturated rings. The van der Waals surface area contributed by atoms with Crippen LogP contribution in [0.5, 0.6) is 0 Å². The molecule has 3 heteroatoms. The first kappa shape index (κ1) is 10.5. The van der Waals surface area contributed by atoms with E-state index in [1.807, 2.05) is 25.1 Å². The highest BCUT2D eigenvalue weighted by molar-refractivity contribution is 14.1. The lowest BCUT2D eigenvalue weighted by Gasteiger charge is -2.04. The van der Waals surface area contributed by atoms with Crippen molar-refractivity contribution in [3.05, 3.63) is 34.9 Å². The fraction of sp³-hybridized carbons (Fsp3) is 0.300. The molecule has 13 heavy (non-hydrogen) atoms. The number of methoxy groups -OCH3 is 1. The minimum absolute atomic E-state index is 0.260. The molecular formula is C10H11IO2. The van der Waals surface area contributed by atoms with E-state index < -0.39 is 0 Å². The summed E-state index contributed by atoms with van der Waals surface area (Å²) in [6, 6.07) is 5.85. The van der Waals surface area contributed by atoms with E-state index in [2.05, 4.69) is 27.3 Å². The molecule has 0 saturated carbocycles. The molecule has 0 unspecified atom stereocenters. The Morgan fingerprint density at radius 2 is 2.23 bits per heavy atom. The molecule has 1 aromatic rings. The molecule has 0 bridgehead atoms. The number of carbonyl (C=O) groups excluding carboxylic acids is 1. The summed E-state index contributed by atoms with van der Waals surface area (Å²) in [5.74, 6) is -0.260. The van der Waals surface area contributed by atoms with Gasteiger partial charge in [-0.2, -0.15) is 0 Å². The summed E-state index contributed by atoms with van der Waals surface area (Å²) >= 11 is 2.27. The van der Waals surface area contributed by atoms with Crippen molar-refractivity contribution in [3.8, 4) is 0 Å². The van der Waals surface area contributed by atoms with Crippen molar-refractivity contribution in [3.63, 3.8) is 0 Å². The van der Waals surface area contributed by atoms with E-state index >= 15 is 0 Å². The number of rotatable bonds is 2. The summed E-state index contributed by atoms with van der Waals surface area (Å²) in [6.07, 6.45) is 0. The monoisotopic (exact) mass is 290 g/mol. The molecule has 0 saturated heterocycles. The van der Waals surface area contributed by atoms with Gasteiger partial charge in [-0.1, -0.05) is 34.7 Å². The molecule has 0 aromatic heterocycles. The van der Waals surface area contributed by atoms with Gasteiger partial charge in [-0.05, 0) is 24.1 Å². The summed E-state index contributed by atoms with van der Waals surface area (Å²) in [5, 5.41) is 0. The number of carbonyl (C=O) groups is 1. The van der Waals surface area contributed by atoms with E-state index in [-0.39, 0.29) is 5.97 Å². The van der Waals surface area contributed by atoms with Crippen LogP contribution in [0.25, 0.3) is 0 Å². The van der Waals surface area contributed by atoms with Gasteiger partial charge in [0.25, 0.3) is 0 Å². The number of ether oxygens (including phenoxy) is 1. The van der Waals surface area contributed by atoms with Gasteiger partial charge in [0.2, 0.25) is 0 Å². The Balaban J connectivity index is 3.11. The predicted molar refractivity (Wildman–Crippen MR) is 60.2 cm³/mol. The maximum absolute atomic E-state index is 11.3. The number of alkyl halides is 1. The van der Waals surface area contributed by atoms with Crippen molar-refractivity contribution in [2.75, 3.05) is 7.11 Å². The third-order valence-electron chi connectivity index (χ3n) is 1.86. The number of esters is 1. The van der Waals surface area contributed by atoms with Crippen LogP contribution in [0.15, 0.2) is 18.2 Å². The third kappa shape index (κ3) is 2.43. The van der Waals surface area contributed by atoms with E-state index in [0.717, 1.165) is 15.6 Å². The lowest BCUT2D eigenvalue weighted by Crippen LogP contribution is -2.04. The second kappa shape index (κ2) is 4.60. The van der Waals surface area contributed by atoms with Crippen molar-refractivity contribution < 1.29 is 9.53 Å². The summed E-state index contributed by atoms with van der Waals surface area (Å²) in [7, 11) is 1.40. The molecule has 0 radical (unpaired) electrons. The summed E-state index contributed by atoms with van der Waals surface area (Å²) in [6.45, 7) is 1.91. The molecule has 70 valence electrons. The van der Waals surface area contributed by atoms with E-state index in [9.17, 15) is 4.79 Å². The largest absolute Gasteiger partial charge is 0.465 e. The van der Waals surface area contributed by atoms with E-state index in [1.54, 1.807) is 0 Å². The zero-order valence-corrected chi connectivity index (χ0v) is 9.79. The van der Waals surface area contributed by atoms with Crippen molar-refractivity contribution in [1.82, 2.24) is 0 Å².